The predicted molar refractivity (Wildman–Crippen MR) is 79.3 cm³/mol. The molecular formula is C15H19N3OS. The normalized spacial score (nSPS) is 22.8. The zero-order chi connectivity index (χ0) is 13.6. The monoisotopic (exact) mass is 289 g/mol. The highest BCUT2D eigenvalue weighted by molar-refractivity contribution is 7.05. The van der Waals surface area contributed by atoms with E-state index < -0.39 is 0 Å². The Morgan fingerprint density at radius 2 is 1.95 bits per heavy atom. The van der Waals surface area contributed by atoms with E-state index in [4.69, 9.17) is 4.84 Å². The van der Waals surface area contributed by atoms with Gasteiger partial charge in [-0.3, -0.25) is 4.84 Å². The minimum absolute atomic E-state index is 0.461. The molecule has 1 N–H and O–H groups in total. The Bertz CT molecular complexity index is 495. The van der Waals surface area contributed by atoms with Gasteiger partial charge < -0.3 is 0 Å². The first-order chi connectivity index (χ1) is 9.92. The van der Waals surface area contributed by atoms with Crippen molar-refractivity contribution in [3.05, 3.63) is 47.2 Å². The third kappa shape index (κ3) is 3.62. The van der Waals surface area contributed by atoms with Crippen LogP contribution in [0.15, 0.2) is 36.7 Å². The van der Waals surface area contributed by atoms with Crippen LogP contribution in [0.25, 0.3) is 0 Å². The molecule has 20 heavy (non-hydrogen) atoms. The van der Waals surface area contributed by atoms with E-state index in [0.29, 0.717) is 18.6 Å². The molecule has 0 atom stereocenters. The standard InChI is InChI=1S/C15H19N3OS/c1-2-4-12(5-3-1)10-19-18-14-8-6-13(7-9-14)15-16-11-17-20-15/h1-5,11,13-14,18H,6-10H2/t13-,14-. The second-order valence-corrected chi connectivity index (χ2v) is 6.03. The molecular weight excluding hydrogens is 270 g/mol. The zero-order valence-electron chi connectivity index (χ0n) is 11.4. The number of hydroxylamine groups is 1. The van der Waals surface area contributed by atoms with Crippen LogP contribution in [-0.2, 0) is 11.4 Å². The lowest BCUT2D eigenvalue weighted by atomic mass is 9.87. The van der Waals surface area contributed by atoms with Gasteiger partial charge in [0.15, 0.2) is 0 Å². The molecule has 0 aliphatic heterocycles. The van der Waals surface area contributed by atoms with Gasteiger partial charge in [0.1, 0.15) is 11.3 Å². The molecule has 1 aromatic carbocycles. The average molecular weight is 289 g/mol. The largest absolute Gasteiger partial charge is 0.297 e. The smallest absolute Gasteiger partial charge is 0.129 e. The van der Waals surface area contributed by atoms with Crippen molar-refractivity contribution in [3.63, 3.8) is 0 Å². The van der Waals surface area contributed by atoms with Gasteiger partial charge in [-0.2, -0.15) is 9.85 Å². The summed E-state index contributed by atoms with van der Waals surface area (Å²) in [5.74, 6) is 0.592. The zero-order valence-corrected chi connectivity index (χ0v) is 12.2. The first-order valence-corrected chi connectivity index (χ1v) is 7.87. The number of aromatic nitrogens is 2. The molecule has 2 aromatic rings. The Hall–Kier alpha value is -1.30. The van der Waals surface area contributed by atoms with Crippen molar-refractivity contribution in [1.82, 2.24) is 14.8 Å². The van der Waals surface area contributed by atoms with Gasteiger partial charge in [0.2, 0.25) is 0 Å². The third-order valence-electron chi connectivity index (χ3n) is 3.79. The van der Waals surface area contributed by atoms with Gasteiger partial charge in [0.05, 0.1) is 6.61 Å². The number of hydrogen-bond donors (Lipinski definition) is 1. The van der Waals surface area contributed by atoms with Crippen LogP contribution in [0.1, 0.15) is 42.2 Å². The van der Waals surface area contributed by atoms with Gasteiger partial charge >= 0.3 is 0 Å². The SMILES string of the molecule is c1ccc(CON[C@H]2CC[C@H](c3ncns3)CC2)cc1. The molecule has 1 fully saturated rings. The fourth-order valence-corrected chi connectivity index (χ4v) is 3.32. The number of nitrogens with one attached hydrogen (secondary N) is 1. The van der Waals surface area contributed by atoms with Crippen molar-refractivity contribution >= 4 is 11.5 Å². The summed E-state index contributed by atoms with van der Waals surface area (Å²) in [6, 6.07) is 10.7. The maximum absolute atomic E-state index is 5.61. The maximum atomic E-state index is 5.61. The van der Waals surface area contributed by atoms with Crippen LogP contribution in [0.2, 0.25) is 0 Å². The molecule has 0 amide bonds. The lowest BCUT2D eigenvalue weighted by Gasteiger charge is -2.27. The van der Waals surface area contributed by atoms with E-state index in [-0.39, 0.29) is 0 Å². The van der Waals surface area contributed by atoms with E-state index in [1.54, 1.807) is 6.33 Å². The molecule has 0 unspecified atom stereocenters. The fourth-order valence-electron chi connectivity index (χ4n) is 2.64. The van der Waals surface area contributed by atoms with Crippen molar-refractivity contribution < 1.29 is 4.84 Å². The molecule has 1 aromatic heterocycles. The maximum Gasteiger partial charge on any atom is 0.129 e. The quantitative estimate of drug-likeness (QED) is 0.858. The molecule has 5 heteroatoms. The van der Waals surface area contributed by atoms with E-state index >= 15 is 0 Å². The van der Waals surface area contributed by atoms with Gasteiger partial charge in [0.25, 0.3) is 0 Å². The Morgan fingerprint density at radius 1 is 1.15 bits per heavy atom. The highest BCUT2D eigenvalue weighted by Gasteiger charge is 2.24. The van der Waals surface area contributed by atoms with Gasteiger partial charge in [0, 0.05) is 12.0 Å². The topological polar surface area (TPSA) is 47.0 Å². The van der Waals surface area contributed by atoms with Crippen LogP contribution in [0, 0.1) is 0 Å². The van der Waals surface area contributed by atoms with E-state index in [2.05, 4.69) is 27.0 Å². The Kier molecular flexibility index (Phi) is 4.73. The summed E-state index contributed by atoms with van der Waals surface area (Å²) in [5, 5.41) is 1.19. The Balaban J connectivity index is 1.39. The fraction of sp³-hybridized carbons (Fsp3) is 0.467. The number of rotatable bonds is 5. The molecule has 106 valence electrons. The Labute approximate surface area is 123 Å². The van der Waals surface area contributed by atoms with Crippen molar-refractivity contribution in [2.75, 3.05) is 0 Å². The number of hydrogen-bond acceptors (Lipinski definition) is 5. The van der Waals surface area contributed by atoms with Crippen molar-refractivity contribution in [1.29, 1.82) is 0 Å². The van der Waals surface area contributed by atoms with Crippen LogP contribution in [0.3, 0.4) is 0 Å². The summed E-state index contributed by atoms with van der Waals surface area (Å²) in [6.07, 6.45) is 6.27. The molecule has 0 bridgehead atoms. The van der Waals surface area contributed by atoms with Gasteiger partial charge in [-0.05, 0) is 42.8 Å². The van der Waals surface area contributed by atoms with Gasteiger partial charge in [-0.1, -0.05) is 30.3 Å². The summed E-state index contributed by atoms with van der Waals surface area (Å²) < 4.78 is 4.09. The summed E-state index contributed by atoms with van der Waals surface area (Å²) >= 11 is 1.53. The number of nitrogens with zero attached hydrogens (tertiary/aromatic N) is 2. The van der Waals surface area contributed by atoms with Crippen LogP contribution in [0.4, 0.5) is 0 Å². The lowest BCUT2D eigenvalue weighted by Crippen LogP contribution is -2.32. The van der Waals surface area contributed by atoms with E-state index in [9.17, 15) is 0 Å². The van der Waals surface area contributed by atoms with Gasteiger partial charge in [-0.25, -0.2) is 4.98 Å². The van der Waals surface area contributed by atoms with Crippen LogP contribution in [-0.4, -0.2) is 15.4 Å². The minimum atomic E-state index is 0.461. The van der Waals surface area contributed by atoms with E-state index in [0.717, 1.165) is 12.8 Å². The second kappa shape index (κ2) is 6.92. The molecule has 4 nitrogen and oxygen atoms in total. The van der Waals surface area contributed by atoms with Crippen LogP contribution < -0.4 is 5.48 Å². The third-order valence-corrected chi connectivity index (χ3v) is 4.61. The van der Waals surface area contributed by atoms with Gasteiger partial charge in [-0.15, -0.1) is 0 Å². The van der Waals surface area contributed by atoms with Crippen molar-refractivity contribution in [2.45, 2.75) is 44.2 Å². The molecule has 0 radical (unpaired) electrons. The average Bonchev–Trinajstić information content (AvgIpc) is 3.03. The predicted octanol–water partition coefficient (Wildman–Crippen LogP) is 3.29. The lowest BCUT2D eigenvalue weighted by molar-refractivity contribution is -0.00582. The summed E-state index contributed by atoms with van der Waals surface area (Å²) in [5.41, 5.74) is 4.40. The Morgan fingerprint density at radius 3 is 2.65 bits per heavy atom. The molecule has 1 heterocycles. The highest BCUT2D eigenvalue weighted by atomic mass is 32.1. The summed E-state index contributed by atoms with van der Waals surface area (Å²) in [4.78, 5) is 9.93. The molecule has 1 aliphatic rings. The molecule has 1 aliphatic carbocycles. The first-order valence-electron chi connectivity index (χ1n) is 7.09. The summed E-state index contributed by atoms with van der Waals surface area (Å²) in [6.45, 7) is 0.622. The van der Waals surface area contributed by atoms with E-state index in [1.165, 1.54) is 34.9 Å². The van der Waals surface area contributed by atoms with Crippen LogP contribution >= 0.6 is 11.5 Å². The summed E-state index contributed by atoms with van der Waals surface area (Å²) in [7, 11) is 0. The van der Waals surface area contributed by atoms with E-state index in [1.807, 2.05) is 18.2 Å². The highest BCUT2D eigenvalue weighted by Crippen LogP contribution is 2.33. The second-order valence-electron chi connectivity index (χ2n) is 5.22. The first kappa shape index (κ1) is 13.7. The molecule has 0 spiro atoms. The molecule has 1 saturated carbocycles. The molecule has 3 rings (SSSR count). The number of benzene rings is 1. The van der Waals surface area contributed by atoms with Crippen molar-refractivity contribution in [2.24, 2.45) is 0 Å². The van der Waals surface area contributed by atoms with Crippen LogP contribution in [0.5, 0.6) is 0 Å². The van der Waals surface area contributed by atoms with Crippen molar-refractivity contribution in [3.8, 4) is 0 Å². The minimum Gasteiger partial charge on any atom is -0.297 e. The molecule has 0 saturated heterocycles.